The molecule has 8 nitrogen and oxygen atoms in total. The number of aryl methyl sites for hydroxylation is 1. The average Bonchev–Trinajstić information content (AvgIpc) is 3.59. The second-order valence-electron chi connectivity index (χ2n) is 8.90. The summed E-state index contributed by atoms with van der Waals surface area (Å²) in [7, 11) is 0. The molecule has 1 N–H and O–H groups in total. The summed E-state index contributed by atoms with van der Waals surface area (Å²) in [5, 5.41) is 2.81. The lowest BCUT2D eigenvalue weighted by molar-refractivity contribution is -0.139. The van der Waals surface area contributed by atoms with Gasteiger partial charge in [0, 0.05) is 24.6 Å². The lowest BCUT2D eigenvalue weighted by atomic mass is 9.96. The molecule has 33 heavy (non-hydrogen) atoms. The van der Waals surface area contributed by atoms with E-state index >= 15 is 0 Å². The van der Waals surface area contributed by atoms with Crippen LogP contribution in [0.25, 0.3) is 10.4 Å². The summed E-state index contributed by atoms with van der Waals surface area (Å²) < 4.78 is 5.52. The van der Waals surface area contributed by atoms with Crippen molar-refractivity contribution >= 4 is 40.5 Å². The predicted octanol–water partition coefficient (Wildman–Crippen LogP) is 2.59. The van der Waals surface area contributed by atoms with Crippen molar-refractivity contribution in [3.8, 4) is 10.4 Å². The van der Waals surface area contributed by atoms with Crippen molar-refractivity contribution in [1.82, 2.24) is 20.2 Å². The van der Waals surface area contributed by atoms with Gasteiger partial charge in [0.1, 0.15) is 24.8 Å². The third kappa shape index (κ3) is 4.29. The summed E-state index contributed by atoms with van der Waals surface area (Å²) in [6.45, 7) is 2.12. The predicted molar refractivity (Wildman–Crippen MR) is 123 cm³/mol. The van der Waals surface area contributed by atoms with Crippen LogP contribution in [-0.4, -0.2) is 69.2 Å². The Balaban J connectivity index is 1.36. The van der Waals surface area contributed by atoms with Crippen LogP contribution in [0.4, 0.5) is 0 Å². The number of rotatable bonds is 5. The Bertz CT molecular complexity index is 1090. The molecule has 2 saturated heterocycles. The van der Waals surface area contributed by atoms with Gasteiger partial charge in [0.15, 0.2) is 10.8 Å². The third-order valence-electron chi connectivity index (χ3n) is 6.71. The van der Waals surface area contributed by atoms with Gasteiger partial charge in [-0.05, 0) is 43.4 Å². The quantitative estimate of drug-likeness (QED) is 0.649. The molecule has 3 aliphatic rings. The number of halogens is 1. The summed E-state index contributed by atoms with van der Waals surface area (Å²) >= 11 is 7.66. The van der Waals surface area contributed by atoms with Crippen molar-refractivity contribution in [3.63, 3.8) is 0 Å². The summed E-state index contributed by atoms with van der Waals surface area (Å²) in [5.74, 6) is -0.748. The van der Waals surface area contributed by atoms with Crippen LogP contribution in [0.15, 0.2) is 24.5 Å². The summed E-state index contributed by atoms with van der Waals surface area (Å²) in [6.07, 6.45) is 6.64. The van der Waals surface area contributed by atoms with Crippen molar-refractivity contribution in [1.29, 1.82) is 0 Å². The molecule has 10 heteroatoms. The van der Waals surface area contributed by atoms with Gasteiger partial charge >= 0.3 is 0 Å². The van der Waals surface area contributed by atoms with Gasteiger partial charge < -0.3 is 15.0 Å². The number of likely N-dealkylation sites (tertiary alicyclic amines) is 1. The molecule has 4 atom stereocenters. The first kappa shape index (κ1) is 22.4. The average molecular weight is 489 g/mol. The van der Waals surface area contributed by atoms with Crippen LogP contribution in [0.5, 0.6) is 0 Å². The minimum atomic E-state index is -0.716. The highest BCUT2D eigenvalue weighted by atomic mass is 35.5. The minimum Gasteiger partial charge on any atom is -0.366 e. The summed E-state index contributed by atoms with van der Waals surface area (Å²) in [4.78, 5) is 50.0. The second-order valence-corrected chi connectivity index (χ2v) is 10.5. The van der Waals surface area contributed by atoms with Gasteiger partial charge in [0.25, 0.3) is 5.91 Å². The van der Waals surface area contributed by atoms with Crippen molar-refractivity contribution < 1.29 is 19.1 Å². The molecule has 0 radical (unpaired) electrons. The number of carbonyl (C=O) groups is 3. The van der Waals surface area contributed by atoms with Crippen LogP contribution in [-0.2, 0) is 14.3 Å². The van der Waals surface area contributed by atoms with E-state index in [4.69, 9.17) is 16.3 Å². The van der Waals surface area contributed by atoms with Crippen molar-refractivity contribution in [2.75, 3.05) is 13.2 Å². The first-order valence-electron chi connectivity index (χ1n) is 11.2. The number of nitrogens with one attached hydrogen (secondary N) is 1. The number of alkyl halides is 1. The highest BCUT2D eigenvalue weighted by Crippen LogP contribution is 2.34. The van der Waals surface area contributed by atoms with E-state index in [9.17, 15) is 14.4 Å². The fourth-order valence-electron chi connectivity index (χ4n) is 5.09. The van der Waals surface area contributed by atoms with E-state index in [0.29, 0.717) is 5.01 Å². The molecule has 0 unspecified atom stereocenters. The van der Waals surface area contributed by atoms with Crippen LogP contribution in [0.1, 0.15) is 41.2 Å². The number of hydrogen-bond acceptors (Lipinski definition) is 7. The molecule has 0 bridgehead atoms. The largest absolute Gasteiger partial charge is 0.366 e. The van der Waals surface area contributed by atoms with Gasteiger partial charge in [0.2, 0.25) is 5.91 Å². The second kappa shape index (κ2) is 9.12. The highest BCUT2D eigenvalue weighted by Gasteiger charge is 2.53. The molecule has 1 saturated carbocycles. The zero-order valence-corrected chi connectivity index (χ0v) is 19.8. The van der Waals surface area contributed by atoms with E-state index in [1.165, 1.54) is 16.2 Å². The molecule has 1 aliphatic carbocycles. The van der Waals surface area contributed by atoms with E-state index in [1.54, 1.807) is 12.4 Å². The molecule has 2 amide bonds. The third-order valence-corrected chi connectivity index (χ3v) is 8.14. The van der Waals surface area contributed by atoms with Gasteiger partial charge in [-0.1, -0.05) is 12.8 Å². The first-order valence-corrected chi connectivity index (χ1v) is 12.5. The monoisotopic (exact) mass is 488 g/mol. The number of fused-ring (bicyclic) bond motifs is 1. The number of nitrogens with zero attached hydrogens (tertiary/aromatic N) is 3. The van der Waals surface area contributed by atoms with Gasteiger partial charge in [-0.25, -0.2) is 4.98 Å². The Morgan fingerprint density at radius 2 is 2.09 bits per heavy atom. The molecule has 3 fully saturated rings. The summed E-state index contributed by atoms with van der Waals surface area (Å²) in [6, 6.07) is 2.43. The fourth-order valence-corrected chi connectivity index (χ4v) is 6.26. The zero-order valence-electron chi connectivity index (χ0n) is 18.2. The molecule has 2 aliphatic heterocycles. The smallest absolute Gasteiger partial charge is 0.280 e. The molecule has 5 rings (SSSR count). The fraction of sp³-hybridized carbons (Fsp3) is 0.522. The molecule has 2 aromatic rings. The van der Waals surface area contributed by atoms with Crippen LogP contribution in [0.3, 0.4) is 0 Å². The van der Waals surface area contributed by atoms with E-state index in [-0.39, 0.29) is 36.7 Å². The Hall–Kier alpha value is -2.36. The van der Waals surface area contributed by atoms with Gasteiger partial charge in [-0.15, -0.1) is 22.9 Å². The van der Waals surface area contributed by atoms with E-state index in [1.807, 2.05) is 19.1 Å². The lowest BCUT2D eigenvalue weighted by Gasteiger charge is -2.30. The number of thiazole rings is 1. The molecule has 0 aromatic carbocycles. The van der Waals surface area contributed by atoms with Crippen LogP contribution in [0.2, 0.25) is 0 Å². The van der Waals surface area contributed by atoms with Crippen molar-refractivity contribution in [2.45, 2.75) is 56.2 Å². The number of hydrogen-bond donors (Lipinski definition) is 1. The molecule has 2 aromatic heterocycles. The van der Waals surface area contributed by atoms with Crippen molar-refractivity contribution in [3.05, 3.63) is 35.2 Å². The zero-order chi connectivity index (χ0) is 23.1. The molecule has 174 valence electrons. The maximum atomic E-state index is 13.6. The first-order chi connectivity index (χ1) is 15.9. The lowest BCUT2D eigenvalue weighted by Crippen LogP contribution is -2.54. The number of ketones is 1. The highest BCUT2D eigenvalue weighted by molar-refractivity contribution is 7.17. The van der Waals surface area contributed by atoms with Crippen molar-refractivity contribution in [2.24, 2.45) is 5.92 Å². The number of amides is 2. The normalized spacial score (nSPS) is 25.9. The maximum absolute atomic E-state index is 13.6. The van der Waals surface area contributed by atoms with E-state index in [0.717, 1.165) is 41.8 Å². The number of pyridine rings is 1. The molecule has 4 heterocycles. The minimum absolute atomic E-state index is 0.0222. The summed E-state index contributed by atoms with van der Waals surface area (Å²) in [5.41, 5.74) is 1.82. The Morgan fingerprint density at radius 1 is 1.30 bits per heavy atom. The number of carbonyl (C=O) groups excluding carboxylic acids is 3. The number of ether oxygens (including phenoxy) is 1. The Labute approximate surface area is 200 Å². The van der Waals surface area contributed by atoms with E-state index < -0.39 is 23.6 Å². The molecule has 0 spiro atoms. The van der Waals surface area contributed by atoms with Gasteiger partial charge in [-0.3, -0.25) is 19.4 Å². The van der Waals surface area contributed by atoms with Gasteiger partial charge in [-0.2, -0.15) is 0 Å². The number of Topliss-reactive ketones (excluding diaryl/α,β-unsaturated/α-hetero) is 1. The SMILES string of the molecule is Cc1cc(-c2cnc(C(=O)N[C@H](C(=O)N3C[C@H](Cl)[C@H]4OCC(=O)[C@H]43)C3CCCC3)s2)ccn1. The van der Waals surface area contributed by atoms with Crippen LogP contribution >= 0.6 is 22.9 Å². The standard InChI is InChI=1S/C23H25ClN4O4S/c1-12-8-14(6-7-25-12)17-9-26-22(33-17)21(30)27-18(13-4-2-3-5-13)23(31)28-10-15(24)20-19(28)16(29)11-32-20/h6-9,13,15,18-20H,2-5,10-11H2,1H3,(H,27,30)/t15-,18-,19+,20+/m0/s1. The topological polar surface area (TPSA) is 101 Å². The van der Waals surface area contributed by atoms with Gasteiger partial charge in [0.05, 0.1) is 10.3 Å². The Morgan fingerprint density at radius 3 is 2.85 bits per heavy atom. The molecular weight excluding hydrogens is 464 g/mol. The van der Waals surface area contributed by atoms with Crippen LogP contribution in [0, 0.1) is 12.8 Å². The van der Waals surface area contributed by atoms with Crippen LogP contribution < -0.4 is 5.32 Å². The number of aromatic nitrogens is 2. The Kier molecular flexibility index (Phi) is 6.20. The maximum Gasteiger partial charge on any atom is 0.280 e. The molecular formula is C23H25ClN4O4S. The van der Waals surface area contributed by atoms with E-state index in [2.05, 4.69) is 15.3 Å².